The van der Waals surface area contributed by atoms with E-state index in [1.807, 2.05) is 0 Å². The van der Waals surface area contributed by atoms with Crippen molar-refractivity contribution in [1.29, 1.82) is 0 Å². The molecule has 8 aromatic carbocycles. The van der Waals surface area contributed by atoms with E-state index in [0.29, 0.717) is 5.92 Å². The first-order valence-electron chi connectivity index (χ1n) is 18.8. The number of rotatable bonds is 5. The molecule has 0 unspecified atom stereocenters. The molecule has 2 aliphatic carbocycles. The standard InChI is InChI=1S/C51H39Br/c52-40-29-31-42-41-30-28-37(32-47(41)51(48(42)33-40,38-16-6-2-7-17-38)39-18-8-3-9-19-39)50-45-22-12-10-20-43(45)49(44-21-11-13-23-46(44)50)36-26-24-35(25-27-36)34-14-4-1-5-15-34/h2-3,6-13,16-34H,1,4-5,14-15H2. The van der Waals surface area contributed by atoms with Crippen LogP contribution in [0.5, 0.6) is 0 Å². The molecule has 0 atom stereocenters. The van der Waals surface area contributed by atoms with Gasteiger partial charge in [-0.25, -0.2) is 0 Å². The summed E-state index contributed by atoms with van der Waals surface area (Å²) in [5, 5.41) is 5.17. The van der Waals surface area contributed by atoms with E-state index in [9.17, 15) is 0 Å². The summed E-state index contributed by atoms with van der Waals surface area (Å²) in [6, 6.07) is 64.0. The van der Waals surface area contributed by atoms with Gasteiger partial charge in [-0.2, -0.15) is 0 Å². The van der Waals surface area contributed by atoms with Gasteiger partial charge >= 0.3 is 0 Å². The molecule has 250 valence electrons. The first kappa shape index (κ1) is 31.5. The van der Waals surface area contributed by atoms with Crippen molar-refractivity contribution in [3.05, 3.63) is 202 Å². The molecule has 0 spiro atoms. The highest BCUT2D eigenvalue weighted by Gasteiger charge is 2.46. The van der Waals surface area contributed by atoms with Crippen LogP contribution >= 0.6 is 15.9 Å². The van der Waals surface area contributed by atoms with Crippen molar-refractivity contribution in [3.8, 4) is 33.4 Å². The van der Waals surface area contributed by atoms with Crippen molar-refractivity contribution in [2.75, 3.05) is 0 Å². The predicted octanol–water partition coefficient (Wildman–Crippen LogP) is 14.5. The summed E-state index contributed by atoms with van der Waals surface area (Å²) in [5.41, 5.74) is 14.0. The van der Waals surface area contributed by atoms with Crippen LogP contribution in [0, 0.1) is 0 Å². The maximum absolute atomic E-state index is 3.86. The van der Waals surface area contributed by atoms with Gasteiger partial charge in [-0.1, -0.05) is 187 Å². The average Bonchev–Trinajstić information content (AvgIpc) is 3.50. The maximum atomic E-state index is 3.86. The Hall–Kier alpha value is -5.24. The summed E-state index contributed by atoms with van der Waals surface area (Å²) in [7, 11) is 0. The third-order valence-corrected chi connectivity index (χ3v) is 12.5. The molecule has 10 rings (SSSR count). The van der Waals surface area contributed by atoms with Crippen LogP contribution < -0.4 is 0 Å². The van der Waals surface area contributed by atoms with Crippen LogP contribution in [-0.4, -0.2) is 0 Å². The van der Waals surface area contributed by atoms with Crippen LogP contribution in [0.4, 0.5) is 0 Å². The molecule has 0 nitrogen and oxygen atoms in total. The van der Waals surface area contributed by atoms with Crippen LogP contribution in [0.2, 0.25) is 0 Å². The summed E-state index contributed by atoms with van der Waals surface area (Å²) >= 11 is 3.86. The minimum atomic E-state index is -0.474. The number of benzene rings is 8. The molecule has 52 heavy (non-hydrogen) atoms. The molecule has 0 aromatic heterocycles. The SMILES string of the molecule is Brc1ccc2c(c1)C(c1ccccc1)(c1ccccc1)c1cc(-c3c4ccccc4c(-c4ccc(C5CCCCC5)cc4)c4ccccc34)ccc1-2. The van der Waals surface area contributed by atoms with E-state index in [0.717, 1.165) is 4.47 Å². The highest BCUT2D eigenvalue weighted by molar-refractivity contribution is 9.10. The average molecular weight is 732 g/mol. The molecule has 8 aromatic rings. The molecule has 0 aliphatic heterocycles. The molecule has 0 heterocycles. The van der Waals surface area contributed by atoms with Crippen LogP contribution in [0.1, 0.15) is 65.8 Å². The van der Waals surface area contributed by atoms with Crippen molar-refractivity contribution in [3.63, 3.8) is 0 Å². The fourth-order valence-corrected chi connectivity index (χ4v) is 10.1. The van der Waals surface area contributed by atoms with Gasteiger partial charge in [-0.3, -0.25) is 0 Å². The zero-order chi connectivity index (χ0) is 34.6. The van der Waals surface area contributed by atoms with Crippen molar-refractivity contribution < 1.29 is 0 Å². The minimum absolute atomic E-state index is 0.474. The van der Waals surface area contributed by atoms with Gasteiger partial charge in [0.25, 0.3) is 0 Å². The normalized spacial score (nSPS) is 15.1. The summed E-state index contributed by atoms with van der Waals surface area (Å²) < 4.78 is 1.09. The van der Waals surface area contributed by atoms with Crippen molar-refractivity contribution in [2.45, 2.75) is 43.4 Å². The fraction of sp³-hybridized carbons (Fsp3) is 0.137. The van der Waals surface area contributed by atoms with Crippen molar-refractivity contribution in [1.82, 2.24) is 0 Å². The van der Waals surface area contributed by atoms with E-state index >= 15 is 0 Å². The number of fused-ring (bicyclic) bond motifs is 5. The Labute approximate surface area is 314 Å². The molecule has 0 amide bonds. The van der Waals surface area contributed by atoms with E-state index in [2.05, 4.69) is 186 Å². The zero-order valence-electron chi connectivity index (χ0n) is 29.2. The molecule has 0 radical (unpaired) electrons. The largest absolute Gasteiger partial charge is 0.0714 e. The molecule has 0 N–H and O–H groups in total. The molecule has 1 heteroatoms. The lowest BCUT2D eigenvalue weighted by Crippen LogP contribution is -2.28. The Morgan fingerprint density at radius 3 is 1.44 bits per heavy atom. The summed E-state index contributed by atoms with van der Waals surface area (Å²) in [6.45, 7) is 0. The monoisotopic (exact) mass is 730 g/mol. The number of hydrogen-bond acceptors (Lipinski definition) is 0. The molecule has 2 aliphatic rings. The number of halogens is 1. The van der Waals surface area contributed by atoms with Gasteiger partial charge in [-0.05, 0) is 120 Å². The molecule has 1 saturated carbocycles. The molecule has 0 saturated heterocycles. The van der Waals surface area contributed by atoms with Crippen LogP contribution in [0.3, 0.4) is 0 Å². The van der Waals surface area contributed by atoms with Crippen LogP contribution in [-0.2, 0) is 5.41 Å². The second kappa shape index (κ2) is 12.8. The molecule has 1 fully saturated rings. The van der Waals surface area contributed by atoms with Crippen molar-refractivity contribution in [2.24, 2.45) is 0 Å². The Kier molecular flexibility index (Phi) is 7.73. The Morgan fingerprint density at radius 2 is 0.885 bits per heavy atom. The highest BCUT2D eigenvalue weighted by Crippen LogP contribution is 2.58. The van der Waals surface area contributed by atoms with E-state index in [4.69, 9.17) is 0 Å². The maximum Gasteiger partial charge on any atom is 0.0714 e. The van der Waals surface area contributed by atoms with Gasteiger partial charge in [0, 0.05) is 4.47 Å². The lowest BCUT2D eigenvalue weighted by Gasteiger charge is -2.34. The third-order valence-electron chi connectivity index (χ3n) is 12.0. The Bertz CT molecular complexity index is 2500. The highest BCUT2D eigenvalue weighted by atomic mass is 79.9. The van der Waals surface area contributed by atoms with Gasteiger partial charge in [0.2, 0.25) is 0 Å². The Balaban J connectivity index is 1.23. The molecular formula is C51H39Br. The molecular weight excluding hydrogens is 692 g/mol. The second-order valence-corrected chi connectivity index (χ2v) is 15.6. The van der Waals surface area contributed by atoms with E-state index in [1.54, 1.807) is 0 Å². The van der Waals surface area contributed by atoms with Gasteiger partial charge in [0.05, 0.1) is 5.41 Å². The molecule has 0 bridgehead atoms. The van der Waals surface area contributed by atoms with Crippen LogP contribution in [0.15, 0.2) is 174 Å². The number of hydrogen-bond donors (Lipinski definition) is 0. The van der Waals surface area contributed by atoms with Crippen molar-refractivity contribution >= 4 is 37.5 Å². The summed E-state index contributed by atoms with van der Waals surface area (Å²) in [5.74, 6) is 0.699. The lowest BCUT2D eigenvalue weighted by atomic mass is 9.67. The topological polar surface area (TPSA) is 0 Å². The first-order valence-corrected chi connectivity index (χ1v) is 19.6. The van der Waals surface area contributed by atoms with Gasteiger partial charge in [0.1, 0.15) is 0 Å². The minimum Gasteiger partial charge on any atom is -0.0622 e. The Morgan fingerprint density at radius 1 is 0.423 bits per heavy atom. The quantitative estimate of drug-likeness (QED) is 0.155. The predicted molar refractivity (Wildman–Crippen MR) is 223 cm³/mol. The third kappa shape index (κ3) is 4.86. The fourth-order valence-electron chi connectivity index (χ4n) is 9.72. The first-order chi connectivity index (χ1) is 25.7. The van der Waals surface area contributed by atoms with Gasteiger partial charge in [0.15, 0.2) is 0 Å². The van der Waals surface area contributed by atoms with E-state index in [-0.39, 0.29) is 0 Å². The van der Waals surface area contributed by atoms with Gasteiger partial charge < -0.3 is 0 Å². The smallest absolute Gasteiger partial charge is 0.0622 e. The van der Waals surface area contributed by atoms with Crippen LogP contribution in [0.25, 0.3) is 54.9 Å². The summed E-state index contributed by atoms with van der Waals surface area (Å²) in [4.78, 5) is 0. The second-order valence-electron chi connectivity index (χ2n) is 14.7. The van der Waals surface area contributed by atoms with E-state index < -0.39 is 5.41 Å². The summed E-state index contributed by atoms with van der Waals surface area (Å²) in [6.07, 6.45) is 6.73. The lowest BCUT2D eigenvalue weighted by molar-refractivity contribution is 0.443. The zero-order valence-corrected chi connectivity index (χ0v) is 30.7. The van der Waals surface area contributed by atoms with E-state index in [1.165, 1.54) is 115 Å². The van der Waals surface area contributed by atoms with Gasteiger partial charge in [-0.15, -0.1) is 0 Å².